The molecule has 1 aliphatic rings. The van der Waals surface area contributed by atoms with Crippen LogP contribution in [0.15, 0.2) is 41.3 Å². The molecular weight excluding hydrogens is 398 g/mol. The van der Waals surface area contributed by atoms with Gasteiger partial charge in [-0.25, -0.2) is 0 Å². The van der Waals surface area contributed by atoms with Gasteiger partial charge in [0.15, 0.2) is 15.8 Å². The molecule has 28 heavy (non-hydrogen) atoms. The fourth-order valence-electron chi connectivity index (χ4n) is 2.87. The molecule has 146 valence electrons. The number of anilines is 1. The summed E-state index contributed by atoms with van der Waals surface area (Å²) in [6, 6.07) is 10.8. The van der Waals surface area contributed by atoms with E-state index >= 15 is 0 Å². The number of para-hydroxylation sites is 2. The van der Waals surface area contributed by atoms with Crippen molar-refractivity contribution in [2.75, 3.05) is 33.3 Å². The van der Waals surface area contributed by atoms with Crippen molar-refractivity contribution in [3.05, 3.63) is 46.9 Å². The van der Waals surface area contributed by atoms with Crippen LogP contribution >= 0.6 is 24.0 Å². The monoisotopic (exact) mass is 417 g/mol. The number of thioether (sulfide) groups is 1. The average Bonchev–Trinajstić information content (AvgIpc) is 3.00. The zero-order chi connectivity index (χ0) is 20.3. The van der Waals surface area contributed by atoms with Gasteiger partial charge in [0, 0.05) is 5.56 Å². The number of benzene rings is 2. The summed E-state index contributed by atoms with van der Waals surface area (Å²) in [6.45, 7) is 0. The minimum Gasteiger partial charge on any atom is -0.495 e. The normalized spacial score (nSPS) is 15.1. The molecule has 0 aromatic heterocycles. The largest absolute Gasteiger partial charge is 0.495 e. The molecule has 0 bridgehead atoms. The Bertz CT molecular complexity index is 958. The van der Waals surface area contributed by atoms with Gasteiger partial charge in [-0.2, -0.15) is 0 Å². The van der Waals surface area contributed by atoms with E-state index in [9.17, 15) is 4.79 Å². The van der Waals surface area contributed by atoms with Crippen LogP contribution in [0.2, 0.25) is 0 Å². The molecule has 8 heteroatoms. The second-order valence-electron chi connectivity index (χ2n) is 5.61. The standard InChI is InChI=1S/C20H19NO5S2/c1-23-14-8-6-5-7-13(14)21-19(22)16(28-20(21)27)11-12-9-10-15(24-2)18(26-4)17(12)25-3/h5-11H,1-4H3. The molecule has 0 spiro atoms. The molecule has 0 N–H and O–H groups in total. The van der Waals surface area contributed by atoms with Crippen molar-refractivity contribution in [2.45, 2.75) is 0 Å². The molecule has 0 unspecified atom stereocenters. The van der Waals surface area contributed by atoms with Gasteiger partial charge in [0.25, 0.3) is 5.91 Å². The van der Waals surface area contributed by atoms with Crippen molar-refractivity contribution in [1.29, 1.82) is 0 Å². The second kappa shape index (κ2) is 8.53. The Morgan fingerprint density at radius 3 is 2.21 bits per heavy atom. The highest BCUT2D eigenvalue weighted by Gasteiger charge is 2.35. The highest BCUT2D eigenvalue weighted by molar-refractivity contribution is 8.27. The van der Waals surface area contributed by atoms with Gasteiger partial charge >= 0.3 is 0 Å². The van der Waals surface area contributed by atoms with Crippen molar-refractivity contribution >= 4 is 46.0 Å². The quantitative estimate of drug-likeness (QED) is 0.517. The Kier molecular flexibility index (Phi) is 6.11. The Balaban J connectivity index is 2.03. The van der Waals surface area contributed by atoms with Gasteiger partial charge in [-0.3, -0.25) is 9.69 Å². The van der Waals surface area contributed by atoms with Crippen LogP contribution in [0, 0.1) is 0 Å². The molecule has 0 atom stereocenters. The van der Waals surface area contributed by atoms with E-state index in [1.54, 1.807) is 44.6 Å². The summed E-state index contributed by atoms with van der Waals surface area (Å²) < 4.78 is 22.0. The van der Waals surface area contributed by atoms with Gasteiger partial charge in [-0.05, 0) is 30.3 Å². The molecule has 1 fully saturated rings. The fraction of sp³-hybridized carbons (Fsp3) is 0.200. The molecule has 2 aromatic rings. The maximum atomic E-state index is 13.1. The number of hydrogen-bond acceptors (Lipinski definition) is 7. The predicted molar refractivity (Wildman–Crippen MR) is 115 cm³/mol. The number of rotatable bonds is 6. The maximum Gasteiger partial charge on any atom is 0.270 e. The Morgan fingerprint density at radius 1 is 0.893 bits per heavy atom. The lowest BCUT2D eigenvalue weighted by molar-refractivity contribution is -0.113. The van der Waals surface area contributed by atoms with Crippen LogP contribution in [-0.4, -0.2) is 38.7 Å². The first kappa shape index (κ1) is 20.0. The molecule has 3 rings (SSSR count). The van der Waals surface area contributed by atoms with E-state index in [4.69, 9.17) is 31.2 Å². The number of thiocarbonyl (C=S) groups is 1. The van der Waals surface area contributed by atoms with Crippen LogP contribution in [0.3, 0.4) is 0 Å². The Labute approximate surface area is 173 Å². The van der Waals surface area contributed by atoms with Crippen LogP contribution in [0.1, 0.15) is 5.56 Å². The predicted octanol–water partition coefficient (Wildman–Crippen LogP) is 4.13. The molecule has 1 saturated heterocycles. The van der Waals surface area contributed by atoms with Crippen LogP contribution < -0.4 is 23.8 Å². The highest BCUT2D eigenvalue weighted by atomic mass is 32.2. The van der Waals surface area contributed by atoms with Gasteiger partial charge in [-0.15, -0.1) is 0 Å². The summed E-state index contributed by atoms with van der Waals surface area (Å²) in [5.74, 6) is 1.82. The van der Waals surface area contributed by atoms with Crippen molar-refractivity contribution in [1.82, 2.24) is 0 Å². The zero-order valence-electron chi connectivity index (χ0n) is 15.8. The minimum atomic E-state index is -0.226. The topological polar surface area (TPSA) is 57.2 Å². The van der Waals surface area contributed by atoms with Crippen molar-refractivity contribution in [3.63, 3.8) is 0 Å². The molecule has 0 saturated carbocycles. The summed E-state index contributed by atoms with van der Waals surface area (Å²) in [6.07, 6.45) is 1.73. The number of carbonyl (C=O) groups excluding carboxylic acids is 1. The van der Waals surface area contributed by atoms with Crippen LogP contribution in [0.25, 0.3) is 6.08 Å². The smallest absolute Gasteiger partial charge is 0.270 e. The molecule has 6 nitrogen and oxygen atoms in total. The summed E-state index contributed by atoms with van der Waals surface area (Å²) in [5, 5.41) is 0. The Morgan fingerprint density at radius 2 is 1.57 bits per heavy atom. The first-order valence-electron chi connectivity index (χ1n) is 8.25. The first-order valence-corrected chi connectivity index (χ1v) is 9.48. The Hall–Kier alpha value is -2.71. The lowest BCUT2D eigenvalue weighted by Gasteiger charge is -2.17. The minimum absolute atomic E-state index is 0.226. The van der Waals surface area contributed by atoms with E-state index in [1.165, 1.54) is 30.9 Å². The summed E-state index contributed by atoms with van der Waals surface area (Å²) in [5.41, 5.74) is 1.29. The number of ether oxygens (including phenoxy) is 4. The van der Waals surface area contributed by atoms with E-state index in [0.717, 1.165) is 0 Å². The average molecular weight is 418 g/mol. The van der Waals surface area contributed by atoms with Crippen molar-refractivity contribution in [2.24, 2.45) is 0 Å². The molecule has 0 aliphatic carbocycles. The summed E-state index contributed by atoms with van der Waals surface area (Å²) in [7, 11) is 6.18. The van der Waals surface area contributed by atoms with E-state index < -0.39 is 0 Å². The number of methoxy groups -OCH3 is 4. The van der Waals surface area contributed by atoms with E-state index in [2.05, 4.69) is 0 Å². The molecule has 0 radical (unpaired) electrons. The van der Waals surface area contributed by atoms with Crippen LogP contribution in [0.4, 0.5) is 5.69 Å². The molecular formula is C20H19NO5S2. The number of hydrogen-bond donors (Lipinski definition) is 0. The van der Waals surface area contributed by atoms with Gasteiger partial charge in [0.1, 0.15) is 5.75 Å². The van der Waals surface area contributed by atoms with Gasteiger partial charge in [0.2, 0.25) is 5.75 Å². The lowest BCUT2D eigenvalue weighted by Crippen LogP contribution is -2.27. The number of nitrogens with zero attached hydrogens (tertiary/aromatic N) is 1. The number of amides is 1. The first-order chi connectivity index (χ1) is 13.5. The molecule has 2 aromatic carbocycles. The zero-order valence-corrected chi connectivity index (χ0v) is 17.5. The summed E-state index contributed by atoms with van der Waals surface area (Å²) >= 11 is 6.66. The molecule has 1 amide bonds. The highest BCUT2D eigenvalue weighted by Crippen LogP contribution is 2.44. The third-order valence-corrected chi connectivity index (χ3v) is 5.44. The van der Waals surface area contributed by atoms with E-state index in [-0.39, 0.29) is 5.91 Å². The van der Waals surface area contributed by atoms with E-state index in [0.29, 0.717) is 43.5 Å². The van der Waals surface area contributed by atoms with Crippen LogP contribution in [-0.2, 0) is 4.79 Å². The lowest BCUT2D eigenvalue weighted by atomic mass is 10.1. The third kappa shape index (κ3) is 3.53. The number of carbonyl (C=O) groups is 1. The second-order valence-corrected chi connectivity index (χ2v) is 7.29. The van der Waals surface area contributed by atoms with Gasteiger partial charge in [0.05, 0.1) is 39.0 Å². The SMILES string of the molecule is COc1ccccc1N1C(=O)C(=Cc2ccc(OC)c(OC)c2OC)SC1=S. The molecule has 1 heterocycles. The van der Waals surface area contributed by atoms with E-state index in [1.807, 2.05) is 12.1 Å². The third-order valence-electron chi connectivity index (χ3n) is 4.14. The van der Waals surface area contributed by atoms with Gasteiger partial charge < -0.3 is 18.9 Å². The van der Waals surface area contributed by atoms with Crippen molar-refractivity contribution in [3.8, 4) is 23.0 Å². The summed E-state index contributed by atoms with van der Waals surface area (Å²) in [4.78, 5) is 15.0. The van der Waals surface area contributed by atoms with Crippen LogP contribution in [0.5, 0.6) is 23.0 Å². The van der Waals surface area contributed by atoms with Gasteiger partial charge in [-0.1, -0.05) is 36.1 Å². The fourth-order valence-corrected chi connectivity index (χ4v) is 4.14. The maximum absolute atomic E-state index is 13.1. The molecule has 1 aliphatic heterocycles. The van der Waals surface area contributed by atoms with Crippen molar-refractivity contribution < 1.29 is 23.7 Å².